The van der Waals surface area contributed by atoms with Crippen LogP contribution in [0.15, 0.2) is 12.1 Å². The number of anilines is 1. The van der Waals surface area contributed by atoms with E-state index in [-0.39, 0.29) is 5.91 Å². The highest BCUT2D eigenvalue weighted by Crippen LogP contribution is 2.37. The van der Waals surface area contributed by atoms with Gasteiger partial charge < -0.3 is 15.5 Å². The van der Waals surface area contributed by atoms with Crippen LogP contribution in [0.1, 0.15) is 28.9 Å². The monoisotopic (exact) mass is 279 g/mol. The average molecular weight is 279 g/mol. The van der Waals surface area contributed by atoms with Crippen molar-refractivity contribution in [2.24, 2.45) is 5.41 Å². The van der Waals surface area contributed by atoms with Crippen molar-refractivity contribution in [2.45, 2.75) is 19.3 Å². The molecule has 2 N–H and O–H groups in total. The lowest BCUT2D eigenvalue weighted by Gasteiger charge is -2.38. The van der Waals surface area contributed by atoms with E-state index < -0.39 is 0 Å². The Balaban J connectivity index is 1.63. The smallest absolute Gasteiger partial charge is 0.263 e. The highest BCUT2D eigenvalue weighted by molar-refractivity contribution is 7.17. The maximum absolute atomic E-state index is 12.4. The van der Waals surface area contributed by atoms with Gasteiger partial charge in [-0.15, -0.1) is 11.3 Å². The molecule has 0 atom stereocenters. The lowest BCUT2D eigenvalue weighted by molar-refractivity contribution is 0.0612. The van der Waals surface area contributed by atoms with E-state index in [0.29, 0.717) is 5.41 Å². The van der Waals surface area contributed by atoms with Crippen LogP contribution in [0.25, 0.3) is 0 Å². The number of hydrogen-bond acceptors (Lipinski definition) is 4. The number of thiophene rings is 1. The largest absolute Gasteiger partial charge is 0.380 e. The number of nitrogens with zero attached hydrogens (tertiary/aromatic N) is 1. The zero-order valence-corrected chi connectivity index (χ0v) is 12.2. The molecule has 2 fully saturated rings. The van der Waals surface area contributed by atoms with Crippen LogP contribution < -0.4 is 10.6 Å². The number of amides is 1. The lowest BCUT2D eigenvalue weighted by Crippen LogP contribution is -2.43. The maximum atomic E-state index is 12.4. The molecule has 2 aliphatic rings. The van der Waals surface area contributed by atoms with Crippen LogP contribution in [0, 0.1) is 5.41 Å². The molecule has 3 rings (SSSR count). The van der Waals surface area contributed by atoms with Crippen molar-refractivity contribution in [3.05, 3.63) is 17.0 Å². The number of likely N-dealkylation sites (tertiary alicyclic amines) is 1. The van der Waals surface area contributed by atoms with Crippen molar-refractivity contribution in [3.8, 4) is 0 Å². The van der Waals surface area contributed by atoms with Gasteiger partial charge in [0.25, 0.3) is 5.91 Å². The van der Waals surface area contributed by atoms with Gasteiger partial charge in [0.1, 0.15) is 0 Å². The molecular formula is C14H21N3OS. The Morgan fingerprint density at radius 2 is 2.16 bits per heavy atom. The predicted molar refractivity (Wildman–Crippen MR) is 78.9 cm³/mol. The number of carbonyl (C=O) groups excluding carboxylic acids is 1. The van der Waals surface area contributed by atoms with Crippen molar-refractivity contribution < 1.29 is 4.79 Å². The number of rotatable bonds is 2. The SMILES string of the molecule is CNc1ccc(C(=O)N2CCC3(CCNC3)CC2)s1. The van der Waals surface area contributed by atoms with E-state index in [1.54, 1.807) is 11.3 Å². The summed E-state index contributed by atoms with van der Waals surface area (Å²) in [5, 5.41) is 7.60. The van der Waals surface area contributed by atoms with Crippen molar-refractivity contribution in [1.82, 2.24) is 10.2 Å². The van der Waals surface area contributed by atoms with Crippen LogP contribution >= 0.6 is 11.3 Å². The standard InChI is InChI=1S/C14H21N3OS/c1-15-12-3-2-11(19-12)13(18)17-8-5-14(6-9-17)4-7-16-10-14/h2-3,15-16H,4-10H2,1H3. The Labute approximate surface area is 118 Å². The van der Waals surface area contributed by atoms with E-state index in [1.807, 2.05) is 24.1 Å². The number of piperidine rings is 1. The molecule has 1 spiro atoms. The van der Waals surface area contributed by atoms with Crippen molar-refractivity contribution in [1.29, 1.82) is 0 Å². The summed E-state index contributed by atoms with van der Waals surface area (Å²) >= 11 is 1.54. The third-order valence-corrected chi connectivity index (χ3v) is 5.60. The molecule has 1 aromatic heterocycles. The third kappa shape index (κ3) is 2.49. The van der Waals surface area contributed by atoms with Crippen LogP contribution in [0.2, 0.25) is 0 Å². The molecule has 0 unspecified atom stereocenters. The van der Waals surface area contributed by atoms with Crippen LogP contribution in [-0.2, 0) is 0 Å². The first kappa shape index (κ1) is 12.9. The molecule has 3 heterocycles. The van der Waals surface area contributed by atoms with Gasteiger partial charge >= 0.3 is 0 Å². The van der Waals surface area contributed by atoms with Crippen LogP contribution in [0.5, 0.6) is 0 Å². The summed E-state index contributed by atoms with van der Waals surface area (Å²) in [7, 11) is 1.89. The Kier molecular flexibility index (Phi) is 3.50. The molecule has 0 saturated carbocycles. The summed E-state index contributed by atoms with van der Waals surface area (Å²) in [5.41, 5.74) is 0.475. The minimum atomic E-state index is 0.201. The molecule has 104 valence electrons. The zero-order chi connectivity index (χ0) is 13.3. The molecule has 4 nitrogen and oxygen atoms in total. The molecule has 1 aromatic rings. The highest BCUT2D eigenvalue weighted by atomic mass is 32.1. The molecule has 0 radical (unpaired) electrons. The lowest BCUT2D eigenvalue weighted by atomic mass is 9.78. The molecular weight excluding hydrogens is 258 g/mol. The normalized spacial score (nSPS) is 21.8. The molecule has 2 aliphatic heterocycles. The second-order valence-corrected chi connectivity index (χ2v) is 6.72. The van der Waals surface area contributed by atoms with Gasteiger partial charge in [-0.1, -0.05) is 0 Å². The number of carbonyl (C=O) groups is 1. The minimum Gasteiger partial charge on any atom is -0.380 e. The molecule has 0 aromatic carbocycles. The van der Waals surface area contributed by atoms with E-state index in [4.69, 9.17) is 0 Å². The Morgan fingerprint density at radius 3 is 2.74 bits per heavy atom. The summed E-state index contributed by atoms with van der Waals surface area (Å²) < 4.78 is 0. The van der Waals surface area contributed by atoms with Crippen molar-refractivity contribution in [3.63, 3.8) is 0 Å². The van der Waals surface area contributed by atoms with Crippen LogP contribution in [-0.4, -0.2) is 44.0 Å². The van der Waals surface area contributed by atoms with Crippen molar-refractivity contribution in [2.75, 3.05) is 38.5 Å². The fraction of sp³-hybridized carbons (Fsp3) is 0.643. The predicted octanol–water partition coefficient (Wildman–Crippen LogP) is 2.01. The summed E-state index contributed by atoms with van der Waals surface area (Å²) in [6, 6.07) is 3.91. The second kappa shape index (κ2) is 5.13. The first-order valence-electron chi connectivity index (χ1n) is 7.00. The third-order valence-electron chi connectivity index (χ3n) is 4.51. The second-order valence-electron chi connectivity index (χ2n) is 5.63. The topological polar surface area (TPSA) is 44.4 Å². The molecule has 0 bridgehead atoms. The van der Waals surface area contributed by atoms with Gasteiger partial charge in [-0.25, -0.2) is 0 Å². The van der Waals surface area contributed by atoms with Gasteiger partial charge in [-0.05, 0) is 43.4 Å². The van der Waals surface area contributed by atoms with Crippen molar-refractivity contribution >= 4 is 22.2 Å². The van der Waals surface area contributed by atoms with Gasteiger partial charge in [0.15, 0.2) is 0 Å². The van der Waals surface area contributed by atoms with Gasteiger partial charge in [-0.2, -0.15) is 0 Å². The summed E-state index contributed by atoms with van der Waals surface area (Å²) in [4.78, 5) is 15.3. The van der Waals surface area contributed by atoms with E-state index in [1.165, 1.54) is 6.42 Å². The van der Waals surface area contributed by atoms with E-state index in [0.717, 1.165) is 48.9 Å². The highest BCUT2D eigenvalue weighted by Gasteiger charge is 2.38. The molecule has 1 amide bonds. The summed E-state index contributed by atoms with van der Waals surface area (Å²) in [6.07, 6.45) is 3.57. The van der Waals surface area contributed by atoms with Gasteiger partial charge in [0.05, 0.1) is 9.88 Å². The van der Waals surface area contributed by atoms with E-state index >= 15 is 0 Å². The first-order valence-corrected chi connectivity index (χ1v) is 7.82. The Bertz CT molecular complexity index is 455. The Morgan fingerprint density at radius 1 is 1.37 bits per heavy atom. The number of nitrogens with one attached hydrogen (secondary N) is 2. The summed E-state index contributed by atoms with van der Waals surface area (Å²) in [5.74, 6) is 0.201. The summed E-state index contributed by atoms with van der Waals surface area (Å²) in [6.45, 7) is 4.10. The molecule has 0 aliphatic carbocycles. The van der Waals surface area contributed by atoms with Crippen LogP contribution in [0.3, 0.4) is 0 Å². The zero-order valence-electron chi connectivity index (χ0n) is 11.4. The molecule has 2 saturated heterocycles. The Hall–Kier alpha value is -1.07. The number of hydrogen-bond donors (Lipinski definition) is 2. The van der Waals surface area contributed by atoms with Crippen LogP contribution in [0.4, 0.5) is 5.00 Å². The fourth-order valence-electron chi connectivity index (χ4n) is 3.15. The van der Waals surface area contributed by atoms with Gasteiger partial charge in [0.2, 0.25) is 0 Å². The molecule has 5 heteroatoms. The quantitative estimate of drug-likeness (QED) is 0.870. The maximum Gasteiger partial charge on any atom is 0.263 e. The molecule has 19 heavy (non-hydrogen) atoms. The average Bonchev–Trinajstić information content (AvgIpc) is 3.08. The van der Waals surface area contributed by atoms with E-state index in [2.05, 4.69) is 10.6 Å². The minimum absolute atomic E-state index is 0.201. The van der Waals surface area contributed by atoms with E-state index in [9.17, 15) is 4.79 Å². The fourth-order valence-corrected chi connectivity index (χ4v) is 3.98. The van der Waals surface area contributed by atoms with Gasteiger partial charge in [0, 0.05) is 26.7 Å². The first-order chi connectivity index (χ1) is 9.22. The van der Waals surface area contributed by atoms with Gasteiger partial charge in [-0.3, -0.25) is 4.79 Å².